The Morgan fingerprint density at radius 2 is 1.95 bits per heavy atom. The maximum absolute atomic E-state index is 13.0. The molecular weight excluding hydrogens is 338 g/mol. The Hall–Kier alpha value is -0.390. The molecule has 1 N–H and O–H groups in total. The van der Waals surface area contributed by atoms with Gasteiger partial charge in [0.2, 0.25) is 0 Å². The number of nitrogens with one attached hydrogen (secondary N) is 1. The maximum atomic E-state index is 13.0. The lowest BCUT2D eigenvalue weighted by molar-refractivity contribution is 0.213. The highest BCUT2D eigenvalue weighted by molar-refractivity contribution is 9.10. The van der Waals surface area contributed by atoms with E-state index >= 15 is 0 Å². The molecular formula is C15H22BrNO2S. The van der Waals surface area contributed by atoms with Crippen LogP contribution in [0.4, 0.5) is 0 Å². The Labute approximate surface area is 130 Å². The van der Waals surface area contributed by atoms with Gasteiger partial charge in [-0.3, -0.25) is 0 Å². The molecule has 0 spiro atoms. The molecule has 5 heteroatoms. The minimum atomic E-state index is -3.33. The topological polar surface area (TPSA) is 46.2 Å². The van der Waals surface area contributed by atoms with Gasteiger partial charge in [-0.15, -0.1) is 0 Å². The monoisotopic (exact) mass is 359 g/mol. The van der Waals surface area contributed by atoms with Crippen LogP contribution in [0.5, 0.6) is 0 Å². The lowest BCUT2D eigenvalue weighted by Crippen LogP contribution is -2.48. The predicted octanol–water partition coefficient (Wildman–Crippen LogP) is 3.39. The largest absolute Gasteiger partial charge is 0.316 e. The molecule has 0 bridgehead atoms. The number of halogens is 1. The Bertz CT molecular complexity index is 583. The number of benzene rings is 1. The van der Waals surface area contributed by atoms with Gasteiger partial charge in [0, 0.05) is 10.5 Å². The average molecular weight is 360 g/mol. The molecule has 3 nitrogen and oxygen atoms in total. The van der Waals surface area contributed by atoms with Crippen LogP contribution in [0.15, 0.2) is 33.6 Å². The molecule has 2 unspecified atom stereocenters. The highest BCUT2D eigenvalue weighted by atomic mass is 79.9. The van der Waals surface area contributed by atoms with Crippen LogP contribution in [0.25, 0.3) is 0 Å². The van der Waals surface area contributed by atoms with Gasteiger partial charge in [-0.2, -0.15) is 0 Å². The van der Waals surface area contributed by atoms with E-state index in [1.165, 1.54) is 0 Å². The molecule has 1 fully saturated rings. The van der Waals surface area contributed by atoms with Gasteiger partial charge in [0.1, 0.15) is 0 Å². The first-order valence-electron chi connectivity index (χ1n) is 6.94. The average Bonchev–Trinajstić information content (AvgIpc) is 2.38. The molecule has 0 amide bonds. The zero-order chi connectivity index (χ0) is 15.0. The second-order valence-corrected chi connectivity index (χ2v) is 9.31. The van der Waals surface area contributed by atoms with Crippen LogP contribution in [-0.4, -0.2) is 26.8 Å². The molecule has 0 radical (unpaired) electrons. The van der Waals surface area contributed by atoms with Crippen molar-refractivity contribution < 1.29 is 8.42 Å². The molecule has 1 aromatic rings. The Morgan fingerprint density at radius 3 is 2.55 bits per heavy atom. The van der Waals surface area contributed by atoms with Crippen LogP contribution < -0.4 is 5.32 Å². The van der Waals surface area contributed by atoms with Crippen LogP contribution in [0.2, 0.25) is 0 Å². The van der Waals surface area contributed by atoms with Crippen molar-refractivity contribution in [3.8, 4) is 0 Å². The summed E-state index contributed by atoms with van der Waals surface area (Å²) in [5, 5.41) is 2.83. The van der Waals surface area contributed by atoms with Gasteiger partial charge in [-0.1, -0.05) is 26.0 Å². The van der Waals surface area contributed by atoms with E-state index in [-0.39, 0.29) is 16.7 Å². The van der Waals surface area contributed by atoms with Crippen molar-refractivity contribution in [3.63, 3.8) is 0 Å². The third kappa shape index (κ3) is 3.10. The van der Waals surface area contributed by atoms with Gasteiger partial charge in [0.05, 0.1) is 10.1 Å². The van der Waals surface area contributed by atoms with Gasteiger partial charge in [0.15, 0.2) is 9.84 Å². The first-order valence-corrected chi connectivity index (χ1v) is 9.27. The summed E-state index contributed by atoms with van der Waals surface area (Å²) >= 11 is 3.37. The van der Waals surface area contributed by atoms with Crippen LogP contribution in [0, 0.1) is 5.41 Å². The van der Waals surface area contributed by atoms with Gasteiger partial charge in [-0.05, 0) is 59.8 Å². The van der Waals surface area contributed by atoms with E-state index < -0.39 is 9.84 Å². The highest BCUT2D eigenvalue weighted by Crippen LogP contribution is 2.40. The maximum Gasteiger partial charge on any atom is 0.183 e. The van der Waals surface area contributed by atoms with E-state index in [0.717, 1.165) is 12.8 Å². The number of rotatable bonds is 3. The Morgan fingerprint density at radius 1 is 1.30 bits per heavy atom. The molecule has 20 heavy (non-hydrogen) atoms. The molecule has 0 aromatic heterocycles. The third-order valence-electron chi connectivity index (χ3n) is 4.25. The minimum Gasteiger partial charge on any atom is -0.316 e. The van der Waals surface area contributed by atoms with Crippen LogP contribution in [0.3, 0.4) is 0 Å². The summed E-state index contributed by atoms with van der Waals surface area (Å²) in [4.78, 5) is 0.406. The molecule has 1 saturated carbocycles. The molecule has 0 saturated heterocycles. The smallest absolute Gasteiger partial charge is 0.183 e. The molecule has 2 atom stereocenters. The highest BCUT2D eigenvalue weighted by Gasteiger charge is 2.42. The van der Waals surface area contributed by atoms with Crippen LogP contribution in [0.1, 0.15) is 33.1 Å². The minimum absolute atomic E-state index is 0.0279. The summed E-state index contributed by atoms with van der Waals surface area (Å²) in [6.07, 6.45) is 2.65. The number of hydrogen-bond donors (Lipinski definition) is 1. The standard InChI is InChI=1S/C15H22BrNO2S/c1-15(2)9-8-12(17-3)14(10-15)20(18,19)13-7-5-4-6-11(13)16/h4-7,12,14,17H,8-10H2,1-3H3. The fourth-order valence-corrected chi connectivity index (χ4v) is 6.29. The second-order valence-electron chi connectivity index (χ2n) is 6.32. The molecule has 1 aliphatic rings. The number of sulfone groups is 1. The zero-order valence-electron chi connectivity index (χ0n) is 12.2. The summed E-state index contributed by atoms with van der Waals surface area (Å²) in [6.45, 7) is 4.31. The van der Waals surface area contributed by atoms with Gasteiger partial charge >= 0.3 is 0 Å². The van der Waals surface area contributed by atoms with Crippen molar-refractivity contribution in [2.45, 2.75) is 49.3 Å². The number of hydrogen-bond acceptors (Lipinski definition) is 3. The summed E-state index contributed by atoms with van der Waals surface area (Å²) < 4.78 is 26.6. The van der Waals surface area contributed by atoms with Crippen LogP contribution >= 0.6 is 15.9 Å². The zero-order valence-corrected chi connectivity index (χ0v) is 14.6. The Balaban J connectivity index is 2.43. The molecule has 112 valence electrons. The first-order chi connectivity index (χ1) is 9.28. The van der Waals surface area contributed by atoms with E-state index in [0.29, 0.717) is 15.8 Å². The summed E-state index contributed by atoms with van der Waals surface area (Å²) in [5.74, 6) is 0. The van der Waals surface area contributed by atoms with E-state index in [1.807, 2.05) is 13.1 Å². The summed E-state index contributed by atoms with van der Waals surface area (Å²) in [5.41, 5.74) is 0.0757. The van der Waals surface area contributed by atoms with Gasteiger partial charge in [-0.25, -0.2) is 8.42 Å². The fourth-order valence-electron chi connectivity index (χ4n) is 3.02. The van der Waals surface area contributed by atoms with Gasteiger partial charge in [0.25, 0.3) is 0 Å². The molecule has 0 heterocycles. The predicted molar refractivity (Wildman–Crippen MR) is 85.6 cm³/mol. The first kappa shape index (κ1) is 16.0. The summed E-state index contributed by atoms with van der Waals surface area (Å²) in [7, 11) is -1.48. The normalized spacial score (nSPS) is 26.4. The molecule has 1 aliphatic carbocycles. The molecule has 1 aromatic carbocycles. The van der Waals surface area contributed by atoms with E-state index in [9.17, 15) is 8.42 Å². The second kappa shape index (κ2) is 5.78. The van der Waals surface area contributed by atoms with Crippen LogP contribution in [-0.2, 0) is 9.84 Å². The van der Waals surface area contributed by atoms with Crippen molar-refractivity contribution >= 4 is 25.8 Å². The van der Waals surface area contributed by atoms with E-state index in [4.69, 9.17) is 0 Å². The molecule has 2 rings (SSSR count). The van der Waals surface area contributed by atoms with Crippen molar-refractivity contribution in [2.24, 2.45) is 5.41 Å². The third-order valence-corrected chi connectivity index (χ3v) is 7.46. The van der Waals surface area contributed by atoms with Crippen molar-refractivity contribution in [3.05, 3.63) is 28.7 Å². The lowest BCUT2D eigenvalue weighted by atomic mass is 9.75. The van der Waals surface area contributed by atoms with E-state index in [2.05, 4.69) is 35.1 Å². The van der Waals surface area contributed by atoms with E-state index in [1.54, 1.807) is 18.2 Å². The lowest BCUT2D eigenvalue weighted by Gasteiger charge is -2.40. The summed E-state index contributed by atoms with van der Waals surface area (Å²) in [6, 6.07) is 7.12. The SMILES string of the molecule is CNC1CCC(C)(C)CC1S(=O)(=O)c1ccccc1Br. The molecule has 0 aliphatic heterocycles. The van der Waals surface area contributed by atoms with Crippen molar-refractivity contribution in [2.75, 3.05) is 7.05 Å². The van der Waals surface area contributed by atoms with Gasteiger partial charge < -0.3 is 5.32 Å². The van der Waals surface area contributed by atoms with Crippen molar-refractivity contribution in [1.29, 1.82) is 0 Å². The quantitative estimate of drug-likeness (QED) is 0.899. The van der Waals surface area contributed by atoms with Crippen molar-refractivity contribution in [1.82, 2.24) is 5.32 Å². The fraction of sp³-hybridized carbons (Fsp3) is 0.600. The Kier molecular flexibility index (Phi) is 4.62.